The largest absolute Gasteiger partial charge is 0.334 e. The smallest absolute Gasteiger partial charge is 0.257 e. The molecule has 27 heavy (non-hydrogen) atoms. The lowest BCUT2D eigenvalue weighted by atomic mass is 10.0. The maximum atomic E-state index is 14.0. The Bertz CT molecular complexity index is 1030. The minimum absolute atomic E-state index is 0.254. The Labute approximate surface area is 154 Å². The van der Waals surface area contributed by atoms with Crippen molar-refractivity contribution in [2.24, 2.45) is 7.05 Å². The summed E-state index contributed by atoms with van der Waals surface area (Å²) in [5, 5.41) is 12.7. The zero-order chi connectivity index (χ0) is 19.1. The third-order valence-corrected chi connectivity index (χ3v) is 4.86. The van der Waals surface area contributed by atoms with E-state index in [4.69, 9.17) is 0 Å². The number of hydrogen-bond acceptors (Lipinski definition) is 4. The molecule has 0 atom stereocenters. The molecule has 0 spiro atoms. The van der Waals surface area contributed by atoms with Crippen LogP contribution in [0.15, 0.2) is 24.5 Å². The molecule has 7 nitrogen and oxygen atoms in total. The predicted octanol–water partition coefficient (Wildman–Crippen LogP) is 2.18. The van der Waals surface area contributed by atoms with Gasteiger partial charge in [-0.1, -0.05) is 0 Å². The molecule has 9 heteroatoms. The van der Waals surface area contributed by atoms with Crippen LogP contribution in [0.2, 0.25) is 0 Å². The molecule has 0 saturated heterocycles. The van der Waals surface area contributed by atoms with E-state index < -0.39 is 17.5 Å². The quantitative estimate of drug-likeness (QED) is 0.707. The lowest BCUT2D eigenvalue weighted by Gasteiger charge is -2.28. The van der Waals surface area contributed by atoms with E-state index >= 15 is 0 Å². The van der Waals surface area contributed by atoms with Gasteiger partial charge in [-0.05, 0) is 25.1 Å². The van der Waals surface area contributed by atoms with Crippen LogP contribution >= 0.6 is 0 Å². The van der Waals surface area contributed by atoms with E-state index in [2.05, 4.69) is 15.3 Å². The van der Waals surface area contributed by atoms with Crippen LogP contribution in [0.25, 0.3) is 11.5 Å². The molecule has 0 fully saturated rings. The fourth-order valence-electron chi connectivity index (χ4n) is 3.45. The molecule has 2 aromatic heterocycles. The molecule has 1 amide bonds. The summed E-state index contributed by atoms with van der Waals surface area (Å²) in [6, 6.07) is 2.90. The summed E-state index contributed by atoms with van der Waals surface area (Å²) in [6.07, 6.45) is 2.20. The van der Waals surface area contributed by atoms with Gasteiger partial charge in [-0.2, -0.15) is 5.10 Å². The molecule has 0 saturated carbocycles. The zero-order valence-electron chi connectivity index (χ0n) is 15.0. The maximum absolute atomic E-state index is 14.0. The van der Waals surface area contributed by atoms with Crippen molar-refractivity contribution in [1.29, 1.82) is 0 Å². The number of carbonyl (C=O) groups is 1. The highest BCUT2D eigenvalue weighted by molar-refractivity contribution is 5.94. The minimum atomic E-state index is -0.732. The third kappa shape index (κ3) is 2.88. The highest BCUT2D eigenvalue weighted by atomic mass is 19.1. The average molecular weight is 372 g/mol. The third-order valence-electron chi connectivity index (χ3n) is 4.86. The number of benzene rings is 1. The minimum Gasteiger partial charge on any atom is -0.334 e. The van der Waals surface area contributed by atoms with E-state index in [-0.39, 0.29) is 12.1 Å². The Hall–Kier alpha value is -3.10. The first-order valence-corrected chi connectivity index (χ1v) is 8.66. The first-order valence-electron chi connectivity index (χ1n) is 8.66. The first kappa shape index (κ1) is 17.3. The van der Waals surface area contributed by atoms with Gasteiger partial charge in [0.05, 0.1) is 12.1 Å². The number of halogens is 2. The van der Waals surface area contributed by atoms with Crippen molar-refractivity contribution >= 4 is 5.91 Å². The second kappa shape index (κ2) is 6.57. The lowest BCUT2D eigenvalue weighted by molar-refractivity contribution is 0.0728. The van der Waals surface area contributed by atoms with Gasteiger partial charge in [0.25, 0.3) is 5.91 Å². The Balaban J connectivity index is 1.71. The van der Waals surface area contributed by atoms with Gasteiger partial charge in [0.1, 0.15) is 23.7 Å². The molecular formula is C18H18F2N6O. The Morgan fingerprint density at radius 3 is 2.89 bits per heavy atom. The molecule has 0 bridgehead atoms. The van der Waals surface area contributed by atoms with Crippen LogP contribution in [-0.2, 0) is 26.6 Å². The predicted molar refractivity (Wildman–Crippen MR) is 92.7 cm³/mol. The maximum Gasteiger partial charge on any atom is 0.257 e. The molecule has 1 aliphatic heterocycles. The molecular weight excluding hydrogens is 354 g/mol. The number of fused-ring (bicyclic) bond motifs is 1. The topological polar surface area (TPSA) is 68.8 Å². The number of hydrogen-bond donors (Lipinski definition) is 0. The van der Waals surface area contributed by atoms with E-state index in [1.165, 1.54) is 4.90 Å². The normalized spacial score (nSPS) is 13.7. The number of rotatable bonds is 3. The van der Waals surface area contributed by atoms with Gasteiger partial charge >= 0.3 is 0 Å². The van der Waals surface area contributed by atoms with Crippen LogP contribution in [0.3, 0.4) is 0 Å². The van der Waals surface area contributed by atoms with Crippen molar-refractivity contribution in [3.8, 4) is 11.5 Å². The van der Waals surface area contributed by atoms with Crippen molar-refractivity contribution < 1.29 is 13.6 Å². The van der Waals surface area contributed by atoms with Gasteiger partial charge in [-0.25, -0.2) is 8.78 Å². The Morgan fingerprint density at radius 2 is 2.11 bits per heavy atom. The second-order valence-corrected chi connectivity index (χ2v) is 6.44. The van der Waals surface area contributed by atoms with E-state index in [1.807, 2.05) is 18.5 Å². The lowest BCUT2D eigenvalue weighted by Crippen LogP contribution is -2.36. The van der Waals surface area contributed by atoms with E-state index in [0.717, 1.165) is 29.5 Å². The fourth-order valence-corrected chi connectivity index (χ4v) is 3.45. The zero-order valence-corrected chi connectivity index (χ0v) is 15.0. The average Bonchev–Trinajstić information content (AvgIpc) is 3.27. The van der Waals surface area contributed by atoms with Crippen molar-refractivity contribution in [1.82, 2.24) is 29.4 Å². The van der Waals surface area contributed by atoms with Crippen molar-refractivity contribution in [2.45, 2.75) is 26.4 Å². The molecule has 1 aliphatic rings. The van der Waals surface area contributed by atoms with Crippen molar-refractivity contribution in [3.05, 3.63) is 53.0 Å². The van der Waals surface area contributed by atoms with Gasteiger partial charge in [0.15, 0.2) is 5.82 Å². The molecule has 3 aromatic rings. The van der Waals surface area contributed by atoms with Crippen LogP contribution < -0.4 is 0 Å². The molecule has 3 heterocycles. The summed E-state index contributed by atoms with van der Waals surface area (Å²) >= 11 is 0. The van der Waals surface area contributed by atoms with Gasteiger partial charge in [-0.15, -0.1) is 10.2 Å². The second-order valence-electron chi connectivity index (χ2n) is 6.44. The van der Waals surface area contributed by atoms with Gasteiger partial charge in [-0.3, -0.25) is 9.48 Å². The van der Waals surface area contributed by atoms with Crippen LogP contribution in [0, 0.1) is 11.6 Å². The Kier molecular flexibility index (Phi) is 4.21. The molecule has 140 valence electrons. The number of amides is 1. The number of aromatic nitrogens is 5. The highest BCUT2D eigenvalue weighted by Gasteiger charge is 2.30. The highest BCUT2D eigenvalue weighted by Crippen LogP contribution is 2.29. The monoisotopic (exact) mass is 372 g/mol. The molecule has 0 aliphatic carbocycles. The van der Waals surface area contributed by atoms with Gasteiger partial charge < -0.3 is 9.47 Å². The van der Waals surface area contributed by atoms with Crippen LogP contribution in [0.4, 0.5) is 8.78 Å². The summed E-state index contributed by atoms with van der Waals surface area (Å²) in [4.78, 5) is 14.3. The summed E-state index contributed by atoms with van der Waals surface area (Å²) in [6.45, 7) is 3.32. The van der Waals surface area contributed by atoms with Gasteiger partial charge in [0.2, 0.25) is 0 Å². The molecule has 0 unspecified atom stereocenters. The molecule has 0 radical (unpaired) electrons. The number of carbonyl (C=O) groups excluding carboxylic acids is 1. The van der Waals surface area contributed by atoms with Crippen LogP contribution in [-0.4, -0.2) is 41.9 Å². The molecule has 4 rings (SSSR count). The summed E-state index contributed by atoms with van der Waals surface area (Å²) in [7, 11) is 1.85. The number of nitrogens with zero attached hydrogens (tertiary/aromatic N) is 6. The molecule has 0 N–H and O–H groups in total. The van der Waals surface area contributed by atoms with Crippen molar-refractivity contribution in [2.75, 3.05) is 6.54 Å². The molecule has 1 aromatic carbocycles. The SMILES string of the molecule is CCn1cnnc1-c1nn(C)c2c1CN(C(=O)c1cc(F)ccc1F)CC2. The Morgan fingerprint density at radius 1 is 1.30 bits per heavy atom. The van der Waals surface area contributed by atoms with Crippen LogP contribution in [0.1, 0.15) is 28.5 Å². The van der Waals surface area contributed by atoms with Crippen LogP contribution in [0.5, 0.6) is 0 Å². The summed E-state index contributed by atoms with van der Waals surface area (Å²) in [5.74, 6) is -1.29. The van der Waals surface area contributed by atoms with Crippen molar-refractivity contribution in [3.63, 3.8) is 0 Å². The van der Waals surface area contributed by atoms with E-state index in [9.17, 15) is 13.6 Å². The van der Waals surface area contributed by atoms with E-state index in [0.29, 0.717) is 31.0 Å². The fraction of sp³-hybridized carbons (Fsp3) is 0.333. The summed E-state index contributed by atoms with van der Waals surface area (Å²) < 4.78 is 31.2. The number of aryl methyl sites for hydroxylation is 2. The van der Waals surface area contributed by atoms with E-state index in [1.54, 1.807) is 11.0 Å². The van der Waals surface area contributed by atoms with Gasteiger partial charge in [0, 0.05) is 37.8 Å². The summed E-state index contributed by atoms with van der Waals surface area (Å²) in [5.41, 5.74) is 2.25. The first-order chi connectivity index (χ1) is 13.0. The standard InChI is InChI=1S/C18H18F2N6O/c1-3-25-10-21-22-17(25)16-13-9-26(7-6-15(13)24(2)23-16)18(27)12-8-11(19)4-5-14(12)20/h4-5,8,10H,3,6-7,9H2,1-2H3.